The van der Waals surface area contributed by atoms with Crippen LogP contribution in [0.2, 0.25) is 0 Å². The van der Waals surface area contributed by atoms with Gasteiger partial charge in [0, 0.05) is 18.2 Å². The highest BCUT2D eigenvalue weighted by molar-refractivity contribution is 5.02. The molecule has 0 aliphatic rings. The second-order valence-electron chi connectivity index (χ2n) is 4.45. The molecule has 0 unspecified atom stereocenters. The molecule has 86 valence electrons. The number of nitrogens with one attached hydrogen (secondary N) is 2. The van der Waals surface area contributed by atoms with Crippen molar-refractivity contribution in [1.29, 1.82) is 0 Å². The fraction of sp³-hybridized carbons (Fsp3) is 0.727. The summed E-state index contributed by atoms with van der Waals surface area (Å²) in [5, 5.41) is 10.6. The SMILES string of the molecule is CCNC(C)(C)CNCc1cc(C)no1. The van der Waals surface area contributed by atoms with E-state index in [9.17, 15) is 0 Å². The molecule has 1 heterocycles. The first-order chi connectivity index (χ1) is 7.03. The van der Waals surface area contributed by atoms with Gasteiger partial charge in [0.25, 0.3) is 0 Å². The van der Waals surface area contributed by atoms with Gasteiger partial charge in [-0.3, -0.25) is 0 Å². The van der Waals surface area contributed by atoms with E-state index in [1.807, 2.05) is 13.0 Å². The van der Waals surface area contributed by atoms with Gasteiger partial charge >= 0.3 is 0 Å². The van der Waals surface area contributed by atoms with E-state index in [0.29, 0.717) is 0 Å². The van der Waals surface area contributed by atoms with Crippen LogP contribution in [0.15, 0.2) is 10.6 Å². The van der Waals surface area contributed by atoms with Crippen LogP contribution in [0.3, 0.4) is 0 Å². The van der Waals surface area contributed by atoms with Gasteiger partial charge in [-0.15, -0.1) is 0 Å². The average molecular weight is 211 g/mol. The predicted octanol–water partition coefficient (Wildman–Crippen LogP) is 1.46. The highest BCUT2D eigenvalue weighted by Gasteiger charge is 2.15. The van der Waals surface area contributed by atoms with Gasteiger partial charge in [-0.2, -0.15) is 0 Å². The molecular formula is C11H21N3O. The van der Waals surface area contributed by atoms with Gasteiger partial charge in [0.1, 0.15) is 0 Å². The van der Waals surface area contributed by atoms with Crippen molar-refractivity contribution in [3.63, 3.8) is 0 Å². The maximum absolute atomic E-state index is 5.11. The predicted molar refractivity (Wildman–Crippen MR) is 60.7 cm³/mol. The third-order valence-electron chi connectivity index (χ3n) is 2.20. The van der Waals surface area contributed by atoms with Crippen molar-refractivity contribution >= 4 is 0 Å². The Morgan fingerprint density at radius 1 is 1.47 bits per heavy atom. The lowest BCUT2D eigenvalue weighted by atomic mass is 10.1. The van der Waals surface area contributed by atoms with Crippen LogP contribution in [-0.4, -0.2) is 23.8 Å². The van der Waals surface area contributed by atoms with Crippen molar-refractivity contribution < 1.29 is 4.52 Å². The lowest BCUT2D eigenvalue weighted by molar-refractivity contribution is 0.340. The Bertz CT molecular complexity index is 294. The molecule has 0 radical (unpaired) electrons. The molecule has 1 rings (SSSR count). The zero-order valence-corrected chi connectivity index (χ0v) is 10.1. The molecule has 15 heavy (non-hydrogen) atoms. The van der Waals surface area contributed by atoms with Gasteiger partial charge in [0.2, 0.25) is 0 Å². The van der Waals surface area contributed by atoms with E-state index >= 15 is 0 Å². The summed E-state index contributed by atoms with van der Waals surface area (Å²) in [5.41, 5.74) is 1.04. The van der Waals surface area contributed by atoms with Crippen molar-refractivity contribution in [2.24, 2.45) is 0 Å². The Morgan fingerprint density at radius 2 is 2.20 bits per heavy atom. The summed E-state index contributed by atoms with van der Waals surface area (Å²) >= 11 is 0. The van der Waals surface area contributed by atoms with Gasteiger partial charge in [0.05, 0.1) is 12.2 Å². The molecule has 2 N–H and O–H groups in total. The van der Waals surface area contributed by atoms with Gasteiger partial charge < -0.3 is 15.2 Å². The molecule has 4 heteroatoms. The maximum Gasteiger partial charge on any atom is 0.150 e. The molecule has 0 bridgehead atoms. The Morgan fingerprint density at radius 3 is 2.73 bits per heavy atom. The number of aromatic nitrogens is 1. The normalized spacial score (nSPS) is 12.0. The van der Waals surface area contributed by atoms with Crippen LogP contribution in [0.4, 0.5) is 0 Å². The summed E-state index contributed by atoms with van der Waals surface area (Å²) in [6.07, 6.45) is 0. The third kappa shape index (κ3) is 4.44. The summed E-state index contributed by atoms with van der Waals surface area (Å²) in [6, 6.07) is 1.95. The monoisotopic (exact) mass is 211 g/mol. The first kappa shape index (κ1) is 12.2. The largest absolute Gasteiger partial charge is 0.360 e. The second-order valence-corrected chi connectivity index (χ2v) is 4.45. The summed E-state index contributed by atoms with van der Waals surface area (Å²) in [4.78, 5) is 0. The van der Waals surface area contributed by atoms with Crippen molar-refractivity contribution in [3.05, 3.63) is 17.5 Å². The van der Waals surface area contributed by atoms with Crippen LogP contribution in [0.5, 0.6) is 0 Å². The van der Waals surface area contributed by atoms with Crippen molar-refractivity contribution in [2.75, 3.05) is 13.1 Å². The molecule has 4 nitrogen and oxygen atoms in total. The molecule has 0 spiro atoms. The molecule has 0 saturated heterocycles. The first-order valence-electron chi connectivity index (χ1n) is 5.41. The number of hydrogen-bond donors (Lipinski definition) is 2. The Kier molecular flexibility index (Phi) is 4.29. The van der Waals surface area contributed by atoms with E-state index in [1.54, 1.807) is 0 Å². The first-order valence-corrected chi connectivity index (χ1v) is 5.41. The van der Waals surface area contributed by atoms with Crippen LogP contribution >= 0.6 is 0 Å². The van der Waals surface area contributed by atoms with Gasteiger partial charge in [-0.25, -0.2) is 0 Å². The van der Waals surface area contributed by atoms with E-state index in [4.69, 9.17) is 4.52 Å². The van der Waals surface area contributed by atoms with E-state index in [2.05, 4.69) is 36.6 Å². The number of rotatable bonds is 6. The van der Waals surface area contributed by atoms with Crippen molar-refractivity contribution in [3.8, 4) is 0 Å². The van der Waals surface area contributed by atoms with Crippen LogP contribution in [0.1, 0.15) is 32.2 Å². The minimum Gasteiger partial charge on any atom is -0.360 e. The molecule has 1 aromatic heterocycles. The molecule has 0 aliphatic carbocycles. The Labute approximate surface area is 91.4 Å². The fourth-order valence-corrected chi connectivity index (χ4v) is 1.54. The standard InChI is InChI=1S/C11H21N3O/c1-5-13-11(3,4)8-12-7-10-6-9(2)14-15-10/h6,12-13H,5,7-8H2,1-4H3. The lowest BCUT2D eigenvalue weighted by Crippen LogP contribution is -2.47. The maximum atomic E-state index is 5.11. The summed E-state index contributed by atoms with van der Waals surface area (Å²) in [6.45, 7) is 11.0. The lowest BCUT2D eigenvalue weighted by Gasteiger charge is -2.25. The van der Waals surface area contributed by atoms with Crippen LogP contribution in [0, 0.1) is 6.92 Å². The van der Waals surface area contributed by atoms with E-state index in [1.165, 1.54) is 0 Å². The van der Waals surface area contributed by atoms with E-state index < -0.39 is 0 Å². The number of nitrogens with zero attached hydrogens (tertiary/aromatic N) is 1. The van der Waals surface area contributed by atoms with Gasteiger partial charge in [0.15, 0.2) is 5.76 Å². The highest BCUT2D eigenvalue weighted by Crippen LogP contribution is 2.03. The minimum atomic E-state index is 0.115. The minimum absolute atomic E-state index is 0.115. The zero-order valence-electron chi connectivity index (χ0n) is 10.1. The van der Waals surface area contributed by atoms with Crippen LogP contribution in [-0.2, 0) is 6.54 Å². The Balaban J connectivity index is 2.27. The Hall–Kier alpha value is -0.870. The topological polar surface area (TPSA) is 50.1 Å². The van der Waals surface area contributed by atoms with Gasteiger partial charge in [-0.05, 0) is 27.3 Å². The smallest absolute Gasteiger partial charge is 0.150 e. The number of aryl methyl sites for hydroxylation is 1. The molecule has 0 amide bonds. The number of hydrogen-bond acceptors (Lipinski definition) is 4. The van der Waals surface area contributed by atoms with Crippen molar-refractivity contribution in [1.82, 2.24) is 15.8 Å². The van der Waals surface area contributed by atoms with Crippen molar-refractivity contribution in [2.45, 2.75) is 39.8 Å². The molecule has 1 aromatic rings. The molecule has 0 aromatic carbocycles. The molecule has 0 fully saturated rings. The third-order valence-corrected chi connectivity index (χ3v) is 2.20. The summed E-state index contributed by atoms with van der Waals surface area (Å²) in [5.74, 6) is 0.889. The average Bonchev–Trinajstić information content (AvgIpc) is 2.51. The van der Waals surface area contributed by atoms with Crippen LogP contribution in [0.25, 0.3) is 0 Å². The number of likely N-dealkylation sites (N-methyl/N-ethyl adjacent to an activating group) is 1. The summed E-state index contributed by atoms with van der Waals surface area (Å²) in [7, 11) is 0. The zero-order chi connectivity index (χ0) is 11.3. The highest BCUT2D eigenvalue weighted by atomic mass is 16.5. The molecular weight excluding hydrogens is 190 g/mol. The quantitative estimate of drug-likeness (QED) is 0.748. The van der Waals surface area contributed by atoms with Gasteiger partial charge in [-0.1, -0.05) is 12.1 Å². The fourth-order valence-electron chi connectivity index (χ4n) is 1.54. The summed E-state index contributed by atoms with van der Waals surface area (Å²) < 4.78 is 5.11. The van der Waals surface area contributed by atoms with Crippen LogP contribution < -0.4 is 10.6 Å². The molecule has 0 saturated carbocycles. The molecule has 0 atom stereocenters. The molecule has 0 aliphatic heterocycles. The second kappa shape index (κ2) is 5.28. The van der Waals surface area contributed by atoms with E-state index in [-0.39, 0.29) is 5.54 Å². The van der Waals surface area contributed by atoms with E-state index in [0.717, 1.165) is 31.1 Å².